The third kappa shape index (κ3) is 2.39. The quantitative estimate of drug-likeness (QED) is 0.784. The van der Waals surface area contributed by atoms with E-state index in [2.05, 4.69) is 0 Å². The number of hydrogen-bond donors (Lipinski definition) is 0. The minimum atomic E-state index is -0.578. The number of carbonyl (C=O) groups excluding carboxylic acids is 1. The Hall–Kier alpha value is -2.29. The highest BCUT2D eigenvalue weighted by Crippen LogP contribution is 2.31. The first-order valence-electron chi connectivity index (χ1n) is 6.64. The first-order chi connectivity index (χ1) is 9.63. The van der Waals surface area contributed by atoms with Crippen LogP contribution >= 0.6 is 0 Å². The smallest absolute Gasteiger partial charge is 0.206 e. The molecule has 2 aromatic rings. The monoisotopic (exact) mass is 268 g/mol. The Kier molecular flexibility index (Phi) is 3.18. The number of rotatable bonds is 2. The van der Waals surface area contributed by atoms with Gasteiger partial charge in [0.25, 0.3) is 0 Å². The number of aryl methyl sites for hydroxylation is 2. The lowest BCUT2D eigenvalue weighted by Gasteiger charge is -2.25. The number of para-hydroxylation sites is 2. The summed E-state index contributed by atoms with van der Waals surface area (Å²) in [5.74, 6) is 1.28. The minimum Gasteiger partial charge on any atom is -0.485 e. The van der Waals surface area contributed by atoms with Gasteiger partial charge < -0.3 is 9.47 Å². The van der Waals surface area contributed by atoms with E-state index in [-0.39, 0.29) is 12.4 Å². The van der Waals surface area contributed by atoms with Gasteiger partial charge in [-0.3, -0.25) is 4.79 Å². The lowest BCUT2D eigenvalue weighted by atomic mass is 10.0. The average Bonchev–Trinajstić information content (AvgIpc) is 2.45. The number of ketones is 1. The molecule has 0 aromatic heterocycles. The van der Waals surface area contributed by atoms with E-state index in [9.17, 15) is 4.79 Å². The van der Waals surface area contributed by atoms with Crippen LogP contribution in [0.2, 0.25) is 0 Å². The van der Waals surface area contributed by atoms with Crippen molar-refractivity contribution in [3.8, 4) is 11.5 Å². The fourth-order valence-corrected chi connectivity index (χ4v) is 2.45. The Morgan fingerprint density at radius 3 is 2.40 bits per heavy atom. The van der Waals surface area contributed by atoms with E-state index in [1.165, 1.54) is 0 Å². The number of benzene rings is 2. The predicted molar refractivity (Wildman–Crippen MR) is 76.6 cm³/mol. The molecule has 1 atom stereocenters. The maximum Gasteiger partial charge on any atom is 0.206 e. The zero-order chi connectivity index (χ0) is 14.1. The van der Waals surface area contributed by atoms with Gasteiger partial charge in [0.15, 0.2) is 17.6 Å². The molecule has 20 heavy (non-hydrogen) atoms. The molecule has 1 aliphatic heterocycles. The van der Waals surface area contributed by atoms with Crippen molar-refractivity contribution in [3.63, 3.8) is 0 Å². The van der Waals surface area contributed by atoms with E-state index >= 15 is 0 Å². The van der Waals surface area contributed by atoms with Crippen LogP contribution in [-0.4, -0.2) is 18.5 Å². The minimum absolute atomic E-state index is 0.0358. The van der Waals surface area contributed by atoms with Gasteiger partial charge in [-0.25, -0.2) is 0 Å². The first kappa shape index (κ1) is 12.7. The molecule has 0 N–H and O–H groups in total. The largest absolute Gasteiger partial charge is 0.485 e. The van der Waals surface area contributed by atoms with Gasteiger partial charge in [0.2, 0.25) is 5.78 Å². The summed E-state index contributed by atoms with van der Waals surface area (Å²) >= 11 is 0. The lowest BCUT2D eigenvalue weighted by Crippen LogP contribution is -2.36. The second-order valence-corrected chi connectivity index (χ2v) is 5.10. The van der Waals surface area contributed by atoms with Gasteiger partial charge in [-0.05, 0) is 38.1 Å². The lowest BCUT2D eigenvalue weighted by molar-refractivity contribution is 0.0585. The van der Waals surface area contributed by atoms with Crippen LogP contribution in [0.15, 0.2) is 42.5 Å². The van der Waals surface area contributed by atoms with Crippen LogP contribution < -0.4 is 9.47 Å². The van der Waals surface area contributed by atoms with Crippen LogP contribution in [0.3, 0.4) is 0 Å². The Balaban J connectivity index is 1.86. The molecule has 0 bridgehead atoms. The molecule has 1 aliphatic rings. The highest BCUT2D eigenvalue weighted by molar-refractivity contribution is 6.00. The van der Waals surface area contributed by atoms with Crippen LogP contribution in [0.5, 0.6) is 11.5 Å². The summed E-state index contributed by atoms with van der Waals surface area (Å²) in [5, 5.41) is 0. The van der Waals surface area contributed by atoms with Gasteiger partial charge in [-0.1, -0.05) is 29.3 Å². The molecule has 0 aliphatic carbocycles. The Morgan fingerprint density at radius 1 is 1.05 bits per heavy atom. The first-order valence-corrected chi connectivity index (χ1v) is 6.64. The molecule has 3 rings (SSSR count). The highest BCUT2D eigenvalue weighted by atomic mass is 16.6. The maximum atomic E-state index is 12.5. The molecule has 0 amide bonds. The zero-order valence-corrected chi connectivity index (χ0v) is 11.6. The average molecular weight is 268 g/mol. The van der Waals surface area contributed by atoms with Gasteiger partial charge in [0, 0.05) is 5.56 Å². The maximum absolute atomic E-state index is 12.5. The van der Waals surface area contributed by atoms with Gasteiger partial charge in [0.05, 0.1) is 0 Å². The van der Waals surface area contributed by atoms with Crippen molar-refractivity contribution < 1.29 is 14.3 Å². The van der Waals surface area contributed by atoms with Crippen LogP contribution in [0.4, 0.5) is 0 Å². The Morgan fingerprint density at radius 2 is 1.70 bits per heavy atom. The molecule has 2 aromatic carbocycles. The SMILES string of the molecule is Cc1cc(C)cc(C(=O)C2COc3ccccc3O2)c1. The summed E-state index contributed by atoms with van der Waals surface area (Å²) in [6.07, 6.45) is -0.578. The van der Waals surface area contributed by atoms with Crippen molar-refractivity contribution in [1.29, 1.82) is 0 Å². The number of Topliss-reactive ketones (excluding diaryl/α,β-unsaturated/α-hetero) is 1. The molecule has 0 radical (unpaired) electrons. The topological polar surface area (TPSA) is 35.5 Å². The number of hydrogen-bond acceptors (Lipinski definition) is 3. The molecule has 0 saturated carbocycles. The molecule has 0 fully saturated rings. The summed E-state index contributed by atoms with van der Waals surface area (Å²) in [7, 11) is 0. The van der Waals surface area contributed by atoms with Crippen molar-refractivity contribution in [2.75, 3.05) is 6.61 Å². The van der Waals surface area contributed by atoms with E-state index in [1.807, 2.05) is 56.3 Å². The number of carbonyl (C=O) groups is 1. The van der Waals surface area contributed by atoms with Crippen LogP contribution in [-0.2, 0) is 0 Å². The molecular formula is C17H16O3. The van der Waals surface area contributed by atoms with Gasteiger partial charge in [0.1, 0.15) is 6.61 Å². The van der Waals surface area contributed by atoms with Gasteiger partial charge in [-0.15, -0.1) is 0 Å². The van der Waals surface area contributed by atoms with Crippen molar-refractivity contribution in [2.24, 2.45) is 0 Å². The van der Waals surface area contributed by atoms with Crippen molar-refractivity contribution in [3.05, 3.63) is 59.2 Å². The number of fused-ring (bicyclic) bond motifs is 1. The Labute approximate surface area is 118 Å². The number of ether oxygens (including phenoxy) is 2. The molecule has 3 heteroatoms. The van der Waals surface area contributed by atoms with Gasteiger partial charge in [-0.2, -0.15) is 0 Å². The van der Waals surface area contributed by atoms with Gasteiger partial charge >= 0.3 is 0 Å². The third-order valence-electron chi connectivity index (χ3n) is 3.31. The molecule has 1 heterocycles. The summed E-state index contributed by atoms with van der Waals surface area (Å²) in [5.41, 5.74) is 2.83. The summed E-state index contributed by atoms with van der Waals surface area (Å²) in [6.45, 7) is 4.22. The van der Waals surface area contributed by atoms with E-state index < -0.39 is 6.10 Å². The molecular weight excluding hydrogens is 252 g/mol. The summed E-state index contributed by atoms with van der Waals surface area (Å²) in [4.78, 5) is 12.5. The van der Waals surface area contributed by atoms with Crippen molar-refractivity contribution >= 4 is 5.78 Å². The molecule has 0 saturated heterocycles. The highest BCUT2D eigenvalue weighted by Gasteiger charge is 2.28. The van der Waals surface area contributed by atoms with Crippen molar-refractivity contribution in [2.45, 2.75) is 20.0 Å². The van der Waals surface area contributed by atoms with E-state index in [0.29, 0.717) is 17.1 Å². The normalized spacial score (nSPS) is 16.8. The third-order valence-corrected chi connectivity index (χ3v) is 3.31. The predicted octanol–water partition coefficient (Wildman–Crippen LogP) is 3.33. The van der Waals surface area contributed by atoms with Crippen molar-refractivity contribution in [1.82, 2.24) is 0 Å². The van der Waals surface area contributed by atoms with E-state index in [1.54, 1.807) is 0 Å². The molecule has 102 valence electrons. The summed E-state index contributed by atoms with van der Waals surface area (Å²) < 4.78 is 11.3. The summed E-state index contributed by atoms with van der Waals surface area (Å²) in [6, 6.07) is 13.2. The van der Waals surface area contributed by atoms with E-state index in [0.717, 1.165) is 11.1 Å². The Bertz CT molecular complexity index is 641. The van der Waals surface area contributed by atoms with Crippen LogP contribution in [0.1, 0.15) is 21.5 Å². The van der Waals surface area contributed by atoms with E-state index in [4.69, 9.17) is 9.47 Å². The molecule has 0 spiro atoms. The molecule has 3 nitrogen and oxygen atoms in total. The standard InChI is InChI=1S/C17H16O3/c1-11-7-12(2)9-13(8-11)17(18)16-10-19-14-5-3-4-6-15(14)20-16/h3-9,16H,10H2,1-2H3. The fraction of sp³-hybridized carbons (Fsp3) is 0.235. The second-order valence-electron chi connectivity index (χ2n) is 5.10. The van der Waals surface area contributed by atoms with Crippen LogP contribution in [0.25, 0.3) is 0 Å². The molecule has 1 unspecified atom stereocenters. The second kappa shape index (κ2) is 5.00. The fourth-order valence-electron chi connectivity index (χ4n) is 2.45. The van der Waals surface area contributed by atoms with Crippen LogP contribution in [0, 0.1) is 13.8 Å². The zero-order valence-electron chi connectivity index (χ0n) is 11.6.